The number of nitrogens with one attached hydrogen (secondary N) is 1. The van der Waals surface area contributed by atoms with Crippen LogP contribution >= 0.6 is 38.9 Å². The molecule has 100 valence electrons. The summed E-state index contributed by atoms with van der Waals surface area (Å²) in [5.74, 6) is -0.433. The van der Waals surface area contributed by atoms with Crippen LogP contribution in [0.3, 0.4) is 0 Å². The zero-order valence-electron chi connectivity index (χ0n) is 9.48. The maximum Gasteiger partial charge on any atom is 0.310 e. The molecule has 0 atom stereocenters. The van der Waals surface area contributed by atoms with Crippen molar-refractivity contribution in [3.8, 4) is 0 Å². The number of ether oxygens (including phenoxy) is 1. The standard InChI is InChI=1S/C11H8BrClN2O3S/c12-10-6(1-2-14-11(10)17)3-9(16)18-5-8-15-4-7(13)19-8/h1-2,4H,3,5H2,(H,14,17). The van der Waals surface area contributed by atoms with E-state index in [1.807, 2.05) is 0 Å². The first-order valence-corrected chi connectivity index (χ1v) is 7.17. The van der Waals surface area contributed by atoms with E-state index >= 15 is 0 Å². The predicted molar refractivity (Wildman–Crippen MR) is 75.4 cm³/mol. The summed E-state index contributed by atoms with van der Waals surface area (Å²) in [4.78, 5) is 29.4. The number of esters is 1. The lowest BCUT2D eigenvalue weighted by atomic mass is 10.2. The van der Waals surface area contributed by atoms with E-state index in [1.165, 1.54) is 23.7 Å². The van der Waals surface area contributed by atoms with Gasteiger partial charge in [-0.3, -0.25) is 9.59 Å². The fourth-order valence-electron chi connectivity index (χ4n) is 1.34. The van der Waals surface area contributed by atoms with Gasteiger partial charge in [0.15, 0.2) is 0 Å². The van der Waals surface area contributed by atoms with Gasteiger partial charge in [-0.15, -0.1) is 11.3 Å². The number of halogens is 2. The van der Waals surface area contributed by atoms with Gasteiger partial charge in [0.05, 0.1) is 17.1 Å². The van der Waals surface area contributed by atoms with Crippen molar-refractivity contribution in [3.63, 3.8) is 0 Å². The molecule has 1 N–H and O–H groups in total. The summed E-state index contributed by atoms with van der Waals surface area (Å²) in [6.07, 6.45) is 3.00. The average Bonchev–Trinajstić information content (AvgIpc) is 2.78. The highest BCUT2D eigenvalue weighted by molar-refractivity contribution is 9.10. The number of pyridine rings is 1. The second kappa shape index (κ2) is 6.31. The Morgan fingerprint density at radius 2 is 2.37 bits per heavy atom. The first kappa shape index (κ1) is 14.2. The van der Waals surface area contributed by atoms with Gasteiger partial charge in [-0.1, -0.05) is 11.6 Å². The Hall–Kier alpha value is -1.18. The monoisotopic (exact) mass is 362 g/mol. The van der Waals surface area contributed by atoms with E-state index in [0.717, 1.165) is 0 Å². The van der Waals surface area contributed by atoms with Crippen molar-refractivity contribution in [2.45, 2.75) is 13.0 Å². The number of aromatic nitrogens is 2. The number of carbonyl (C=O) groups is 1. The molecule has 2 aromatic rings. The third-order valence-corrected chi connectivity index (χ3v) is 4.15. The van der Waals surface area contributed by atoms with Crippen LogP contribution < -0.4 is 5.56 Å². The first-order chi connectivity index (χ1) is 9.06. The number of hydrogen-bond donors (Lipinski definition) is 1. The molecule has 0 spiro atoms. The summed E-state index contributed by atoms with van der Waals surface area (Å²) in [5.41, 5.74) is 0.294. The van der Waals surface area contributed by atoms with Crippen molar-refractivity contribution in [1.29, 1.82) is 0 Å². The number of nitrogens with zero attached hydrogens (tertiary/aromatic N) is 1. The molecular formula is C11H8BrClN2O3S. The Balaban J connectivity index is 1.94. The molecular weight excluding hydrogens is 356 g/mol. The van der Waals surface area contributed by atoms with Crippen molar-refractivity contribution >= 4 is 44.8 Å². The van der Waals surface area contributed by atoms with E-state index in [-0.39, 0.29) is 18.6 Å². The van der Waals surface area contributed by atoms with Crippen molar-refractivity contribution in [1.82, 2.24) is 9.97 Å². The van der Waals surface area contributed by atoms with Crippen LogP contribution in [-0.4, -0.2) is 15.9 Å². The summed E-state index contributed by atoms with van der Waals surface area (Å²) in [7, 11) is 0. The van der Waals surface area contributed by atoms with Gasteiger partial charge in [0.25, 0.3) is 5.56 Å². The Labute approximate surface area is 125 Å². The minimum Gasteiger partial charge on any atom is -0.458 e. The quantitative estimate of drug-likeness (QED) is 0.847. The number of thiazole rings is 1. The molecule has 2 aromatic heterocycles. The molecule has 19 heavy (non-hydrogen) atoms. The van der Waals surface area contributed by atoms with Crippen LogP contribution in [0.4, 0.5) is 0 Å². The van der Waals surface area contributed by atoms with Crippen LogP contribution in [0.15, 0.2) is 27.7 Å². The van der Waals surface area contributed by atoms with Gasteiger partial charge in [-0.2, -0.15) is 0 Å². The Morgan fingerprint density at radius 1 is 1.58 bits per heavy atom. The molecule has 0 bridgehead atoms. The highest BCUT2D eigenvalue weighted by atomic mass is 79.9. The molecule has 0 radical (unpaired) electrons. The molecule has 0 saturated heterocycles. The summed E-state index contributed by atoms with van der Waals surface area (Å²) < 4.78 is 5.94. The number of aromatic amines is 1. The number of carbonyl (C=O) groups excluding carboxylic acids is 1. The summed E-state index contributed by atoms with van der Waals surface area (Å²) >= 11 is 10.1. The molecule has 8 heteroatoms. The molecule has 0 amide bonds. The third-order valence-electron chi connectivity index (χ3n) is 2.20. The first-order valence-electron chi connectivity index (χ1n) is 5.18. The largest absolute Gasteiger partial charge is 0.458 e. The fourth-order valence-corrected chi connectivity index (χ4v) is 2.60. The van der Waals surface area contributed by atoms with Crippen molar-refractivity contribution in [2.75, 3.05) is 0 Å². The van der Waals surface area contributed by atoms with Crippen LogP contribution in [0.25, 0.3) is 0 Å². The summed E-state index contributed by atoms with van der Waals surface area (Å²) in [5, 5.41) is 0.628. The van der Waals surface area contributed by atoms with Gasteiger partial charge in [-0.25, -0.2) is 4.98 Å². The van der Waals surface area contributed by atoms with Gasteiger partial charge < -0.3 is 9.72 Å². The van der Waals surface area contributed by atoms with E-state index in [1.54, 1.807) is 6.07 Å². The smallest absolute Gasteiger partial charge is 0.310 e. The Bertz CT molecular complexity index is 655. The lowest BCUT2D eigenvalue weighted by Crippen LogP contribution is -2.13. The lowest BCUT2D eigenvalue weighted by molar-refractivity contribution is -0.144. The van der Waals surface area contributed by atoms with Crippen molar-refractivity contribution < 1.29 is 9.53 Å². The topological polar surface area (TPSA) is 72.0 Å². The van der Waals surface area contributed by atoms with Crippen molar-refractivity contribution in [3.05, 3.63) is 48.2 Å². The Morgan fingerprint density at radius 3 is 3.05 bits per heavy atom. The van der Waals surface area contributed by atoms with E-state index in [4.69, 9.17) is 16.3 Å². The van der Waals surface area contributed by atoms with Gasteiger partial charge in [0.2, 0.25) is 0 Å². The van der Waals surface area contributed by atoms with Crippen LogP contribution in [0.2, 0.25) is 4.34 Å². The predicted octanol–water partition coefficient (Wildman–Crippen LogP) is 2.53. The van der Waals surface area contributed by atoms with E-state index in [2.05, 4.69) is 25.9 Å². The summed E-state index contributed by atoms with van der Waals surface area (Å²) in [6, 6.07) is 1.65. The second-order valence-electron chi connectivity index (χ2n) is 3.54. The van der Waals surface area contributed by atoms with Crippen LogP contribution in [0, 0.1) is 0 Å². The zero-order chi connectivity index (χ0) is 13.8. The van der Waals surface area contributed by atoms with Gasteiger partial charge in [-0.05, 0) is 27.6 Å². The minimum absolute atomic E-state index is 0.0175. The number of rotatable bonds is 4. The van der Waals surface area contributed by atoms with E-state index in [0.29, 0.717) is 19.4 Å². The third kappa shape index (κ3) is 3.89. The maximum absolute atomic E-state index is 11.6. The minimum atomic E-state index is -0.433. The Kier molecular flexibility index (Phi) is 4.73. The van der Waals surface area contributed by atoms with Crippen molar-refractivity contribution in [2.24, 2.45) is 0 Å². The number of hydrogen-bond acceptors (Lipinski definition) is 5. The molecule has 0 aliphatic carbocycles. The molecule has 0 aliphatic rings. The fraction of sp³-hybridized carbons (Fsp3) is 0.182. The molecule has 0 fully saturated rings. The lowest BCUT2D eigenvalue weighted by Gasteiger charge is -2.04. The SMILES string of the molecule is O=C(Cc1cc[nH]c(=O)c1Br)OCc1ncc(Cl)s1. The molecule has 5 nitrogen and oxygen atoms in total. The molecule has 2 rings (SSSR count). The molecule has 0 aromatic carbocycles. The average molecular weight is 364 g/mol. The van der Waals surface area contributed by atoms with Gasteiger partial charge >= 0.3 is 5.97 Å². The zero-order valence-corrected chi connectivity index (χ0v) is 12.6. The maximum atomic E-state index is 11.6. The summed E-state index contributed by atoms with van der Waals surface area (Å²) in [6.45, 7) is 0.0804. The highest BCUT2D eigenvalue weighted by Gasteiger charge is 2.11. The highest BCUT2D eigenvalue weighted by Crippen LogP contribution is 2.19. The van der Waals surface area contributed by atoms with Gasteiger partial charge in [0, 0.05) is 6.20 Å². The molecule has 0 saturated carbocycles. The molecule has 0 unspecified atom stereocenters. The van der Waals surface area contributed by atoms with Crippen LogP contribution in [0.1, 0.15) is 10.6 Å². The number of H-pyrrole nitrogens is 1. The van der Waals surface area contributed by atoms with Crippen LogP contribution in [0.5, 0.6) is 0 Å². The normalized spacial score (nSPS) is 10.4. The van der Waals surface area contributed by atoms with Crippen LogP contribution in [-0.2, 0) is 22.6 Å². The molecule has 0 aliphatic heterocycles. The van der Waals surface area contributed by atoms with Gasteiger partial charge in [0.1, 0.15) is 16.0 Å². The van der Waals surface area contributed by atoms with E-state index in [9.17, 15) is 9.59 Å². The second-order valence-corrected chi connectivity index (χ2v) is 6.08. The van der Waals surface area contributed by atoms with E-state index < -0.39 is 5.97 Å². The molecule has 2 heterocycles.